The zero-order chi connectivity index (χ0) is 9.14. The zero-order valence-electron chi connectivity index (χ0n) is 7.99. The molecule has 1 rings (SSSR count). The fourth-order valence-electron chi connectivity index (χ4n) is 1.24. The van der Waals surface area contributed by atoms with Gasteiger partial charge < -0.3 is 15.2 Å². The molecule has 0 aliphatic carbocycles. The Morgan fingerprint density at radius 3 is 2.67 bits per heavy atom. The average Bonchev–Trinajstić information content (AvgIpc) is 2.34. The molecule has 1 heterocycles. The summed E-state index contributed by atoms with van der Waals surface area (Å²) < 4.78 is 2.02. The topological polar surface area (TPSA) is 34.2 Å². The van der Waals surface area contributed by atoms with E-state index in [-0.39, 0.29) is 6.04 Å². The van der Waals surface area contributed by atoms with Crippen LogP contribution in [-0.4, -0.2) is 30.1 Å². The second kappa shape index (κ2) is 3.74. The third-order valence-corrected chi connectivity index (χ3v) is 1.84. The molecular weight excluding hydrogens is 150 g/mol. The number of hydrogen-bond donors (Lipinski definition) is 1. The predicted octanol–water partition coefficient (Wildman–Crippen LogP) is 0.586. The molecule has 1 unspecified atom stereocenters. The molecule has 1 aromatic rings. The van der Waals surface area contributed by atoms with Crippen molar-refractivity contribution in [3.8, 4) is 0 Å². The molecule has 0 aromatic carbocycles. The normalized spacial score (nSPS) is 13.8. The molecule has 0 fully saturated rings. The number of aryl methyl sites for hydroxylation is 1. The molecule has 0 amide bonds. The molecule has 3 nitrogen and oxygen atoms in total. The third kappa shape index (κ3) is 2.36. The second-order valence-electron chi connectivity index (χ2n) is 3.48. The Balaban J connectivity index is 2.58. The summed E-state index contributed by atoms with van der Waals surface area (Å²) in [6, 6.07) is 2.19. The van der Waals surface area contributed by atoms with Gasteiger partial charge in [-0.05, 0) is 25.7 Å². The van der Waals surface area contributed by atoms with Crippen molar-refractivity contribution in [2.45, 2.75) is 6.04 Å². The SMILES string of the molecule is CN(C)CC(N)c1ccn(C)c1. The van der Waals surface area contributed by atoms with E-state index in [0.29, 0.717) is 0 Å². The molecule has 1 atom stereocenters. The number of likely N-dealkylation sites (N-methyl/N-ethyl adjacent to an activating group) is 1. The van der Waals surface area contributed by atoms with Crippen LogP contribution in [0.1, 0.15) is 11.6 Å². The van der Waals surface area contributed by atoms with E-state index in [1.54, 1.807) is 0 Å². The van der Waals surface area contributed by atoms with Gasteiger partial charge in [0, 0.05) is 32.0 Å². The number of rotatable bonds is 3. The van der Waals surface area contributed by atoms with Crippen molar-refractivity contribution in [2.24, 2.45) is 12.8 Å². The summed E-state index contributed by atoms with van der Waals surface area (Å²) in [7, 11) is 6.07. The molecule has 0 aliphatic heterocycles. The lowest BCUT2D eigenvalue weighted by Gasteiger charge is -2.15. The maximum atomic E-state index is 5.95. The highest BCUT2D eigenvalue weighted by molar-refractivity contribution is 5.14. The van der Waals surface area contributed by atoms with Crippen LogP contribution in [0.3, 0.4) is 0 Å². The van der Waals surface area contributed by atoms with E-state index in [4.69, 9.17) is 5.73 Å². The van der Waals surface area contributed by atoms with E-state index in [9.17, 15) is 0 Å². The van der Waals surface area contributed by atoms with E-state index in [2.05, 4.69) is 17.2 Å². The minimum absolute atomic E-state index is 0.126. The zero-order valence-corrected chi connectivity index (χ0v) is 7.99. The lowest BCUT2D eigenvalue weighted by molar-refractivity contribution is 0.376. The molecule has 0 aliphatic rings. The Bertz CT molecular complexity index is 240. The standard InChI is InChI=1S/C9H17N3/c1-11(2)7-9(10)8-4-5-12(3)6-8/h4-6,9H,7,10H2,1-3H3. The summed E-state index contributed by atoms with van der Waals surface area (Å²) in [6.45, 7) is 0.893. The molecule has 3 heteroatoms. The first-order chi connectivity index (χ1) is 5.59. The van der Waals surface area contributed by atoms with E-state index in [1.165, 1.54) is 5.56 Å². The van der Waals surface area contributed by atoms with Crippen LogP contribution in [0, 0.1) is 0 Å². The summed E-state index contributed by atoms with van der Waals surface area (Å²) in [6.07, 6.45) is 4.08. The molecule has 0 bridgehead atoms. The van der Waals surface area contributed by atoms with E-state index in [0.717, 1.165) is 6.54 Å². The Morgan fingerprint density at radius 1 is 1.58 bits per heavy atom. The summed E-state index contributed by atoms with van der Waals surface area (Å²) in [5, 5.41) is 0. The maximum absolute atomic E-state index is 5.95. The summed E-state index contributed by atoms with van der Waals surface area (Å²) in [4.78, 5) is 2.09. The van der Waals surface area contributed by atoms with Crippen LogP contribution in [0.4, 0.5) is 0 Å². The van der Waals surface area contributed by atoms with Crippen molar-refractivity contribution in [2.75, 3.05) is 20.6 Å². The first-order valence-electron chi connectivity index (χ1n) is 4.12. The van der Waals surface area contributed by atoms with Crippen LogP contribution < -0.4 is 5.73 Å². The molecule has 0 saturated heterocycles. The molecule has 12 heavy (non-hydrogen) atoms. The maximum Gasteiger partial charge on any atom is 0.0439 e. The first kappa shape index (κ1) is 9.29. The largest absolute Gasteiger partial charge is 0.357 e. The van der Waals surface area contributed by atoms with Gasteiger partial charge in [-0.15, -0.1) is 0 Å². The fourth-order valence-corrected chi connectivity index (χ4v) is 1.24. The molecule has 68 valence electrons. The van der Waals surface area contributed by atoms with E-state index < -0.39 is 0 Å². The monoisotopic (exact) mass is 167 g/mol. The van der Waals surface area contributed by atoms with Crippen LogP contribution in [0.25, 0.3) is 0 Å². The molecule has 2 N–H and O–H groups in total. The minimum atomic E-state index is 0.126. The van der Waals surface area contributed by atoms with E-state index >= 15 is 0 Å². The summed E-state index contributed by atoms with van der Waals surface area (Å²) in [5.41, 5.74) is 7.15. The van der Waals surface area contributed by atoms with Gasteiger partial charge in [-0.3, -0.25) is 0 Å². The highest BCUT2D eigenvalue weighted by atomic mass is 15.1. The van der Waals surface area contributed by atoms with Crippen LogP contribution in [0.5, 0.6) is 0 Å². The number of aromatic nitrogens is 1. The fraction of sp³-hybridized carbons (Fsp3) is 0.556. The van der Waals surface area contributed by atoms with Gasteiger partial charge in [0.15, 0.2) is 0 Å². The van der Waals surface area contributed by atoms with Crippen LogP contribution >= 0.6 is 0 Å². The molecule has 0 radical (unpaired) electrons. The van der Waals surface area contributed by atoms with Crippen LogP contribution in [-0.2, 0) is 7.05 Å². The van der Waals surface area contributed by atoms with Gasteiger partial charge in [0.05, 0.1) is 0 Å². The van der Waals surface area contributed by atoms with Gasteiger partial charge in [-0.25, -0.2) is 0 Å². The molecule has 0 saturated carbocycles. The summed E-state index contributed by atoms with van der Waals surface area (Å²) >= 11 is 0. The van der Waals surface area contributed by atoms with Crippen LogP contribution in [0.15, 0.2) is 18.5 Å². The molecule has 0 spiro atoms. The van der Waals surface area contributed by atoms with Gasteiger partial charge >= 0.3 is 0 Å². The lowest BCUT2D eigenvalue weighted by atomic mass is 10.1. The van der Waals surface area contributed by atoms with Crippen molar-refractivity contribution >= 4 is 0 Å². The van der Waals surface area contributed by atoms with Gasteiger partial charge in [0.2, 0.25) is 0 Å². The van der Waals surface area contributed by atoms with Gasteiger partial charge in [-0.2, -0.15) is 0 Å². The van der Waals surface area contributed by atoms with Crippen molar-refractivity contribution in [1.29, 1.82) is 0 Å². The second-order valence-corrected chi connectivity index (χ2v) is 3.48. The van der Waals surface area contributed by atoms with Crippen LogP contribution in [0.2, 0.25) is 0 Å². The Labute approximate surface area is 73.8 Å². The number of hydrogen-bond acceptors (Lipinski definition) is 2. The highest BCUT2D eigenvalue weighted by Gasteiger charge is 2.07. The Kier molecular flexibility index (Phi) is 2.89. The molecule has 1 aromatic heterocycles. The quantitative estimate of drug-likeness (QED) is 0.715. The number of nitrogens with zero attached hydrogens (tertiary/aromatic N) is 2. The van der Waals surface area contributed by atoms with Crippen molar-refractivity contribution in [3.63, 3.8) is 0 Å². The van der Waals surface area contributed by atoms with Crippen molar-refractivity contribution in [1.82, 2.24) is 9.47 Å². The highest BCUT2D eigenvalue weighted by Crippen LogP contribution is 2.10. The third-order valence-electron chi connectivity index (χ3n) is 1.84. The van der Waals surface area contributed by atoms with Crippen molar-refractivity contribution in [3.05, 3.63) is 24.0 Å². The first-order valence-corrected chi connectivity index (χ1v) is 4.12. The number of nitrogens with two attached hydrogens (primary N) is 1. The Morgan fingerprint density at radius 2 is 2.25 bits per heavy atom. The Hall–Kier alpha value is -0.800. The molecular formula is C9H17N3. The van der Waals surface area contributed by atoms with Gasteiger partial charge in [0.25, 0.3) is 0 Å². The smallest absolute Gasteiger partial charge is 0.0439 e. The predicted molar refractivity (Wildman–Crippen MR) is 50.9 cm³/mol. The minimum Gasteiger partial charge on any atom is -0.357 e. The lowest BCUT2D eigenvalue weighted by Crippen LogP contribution is -2.25. The van der Waals surface area contributed by atoms with Gasteiger partial charge in [-0.1, -0.05) is 0 Å². The summed E-state index contributed by atoms with van der Waals surface area (Å²) in [5.74, 6) is 0. The average molecular weight is 167 g/mol. The van der Waals surface area contributed by atoms with Crippen molar-refractivity contribution < 1.29 is 0 Å². The van der Waals surface area contributed by atoms with E-state index in [1.807, 2.05) is 31.9 Å². The van der Waals surface area contributed by atoms with Gasteiger partial charge in [0.1, 0.15) is 0 Å².